The number of carbonyl (C=O) groups excluding carboxylic acids is 1. The molecule has 1 aromatic carbocycles. The summed E-state index contributed by atoms with van der Waals surface area (Å²) in [5.41, 5.74) is 0.489. The highest BCUT2D eigenvalue weighted by atomic mass is 79.9. The van der Waals surface area contributed by atoms with Gasteiger partial charge in [0.1, 0.15) is 5.75 Å². The Bertz CT molecular complexity index is 431. The van der Waals surface area contributed by atoms with Crippen molar-refractivity contribution in [1.82, 2.24) is 5.32 Å². The van der Waals surface area contributed by atoms with Crippen LogP contribution < -0.4 is 10.1 Å². The number of carbonyl (C=O) groups is 1. The van der Waals surface area contributed by atoms with Gasteiger partial charge in [0, 0.05) is 16.4 Å². The van der Waals surface area contributed by atoms with Crippen molar-refractivity contribution in [1.29, 1.82) is 0 Å². The third-order valence-electron chi connectivity index (χ3n) is 3.33. The van der Waals surface area contributed by atoms with E-state index in [9.17, 15) is 4.79 Å². The molecule has 0 aliphatic rings. The van der Waals surface area contributed by atoms with Crippen molar-refractivity contribution in [3.63, 3.8) is 0 Å². The van der Waals surface area contributed by atoms with E-state index in [1.54, 1.807) is 12.1 Å². The largest absolute Gasteiger partial charge is 0.491 e. The van der Waals surface area contributed by atoms with Crippen LogP contribution in [0.5, 0.6) is 5.75 Å². The Balaban J connectivity index is 2.72. The first-order valence-electron chi connectivity index (χ1n) is 7.05. The van der Waals surface area contributed by atoms with Gasteiger partial charge in [-0.3, -0.25) is 4.79 Å². The molecule has 3 nitrogen and oxygen atoms in total. The molecule has 112 valence electrons. The zero-order chi connectivity index (χ0) is 15.2. The Morgan fingerprint density at radius 1 is 1.35 bits per heavy atom. The van der Waals surface area contributed by atoms with E-state index < -0.39 is 0 Å². The maximum atomic E-state index is 12.3. The summed E-state index contributed by atoms with van der Waals surface area (Å²) < 4.78 is 5.57. The lowest BCUT2D eigenvalue weighted by Gasteiger charge is -2.29. The van der Waals surface area contributed by atoms with Crippen LogP contribution in [0.25, 0.3) is 0 Å². The van der Waals surface area contributed by atoms with Gasteiger partial charge in [-0.25, -0.2) is 0 Å². The van der Waals surface area contributed by atoms with Gasteiger partial charge in [-0.05, 0) is 57.9 Å². The number of alkyl halides is 1. The Morgan fingerprint density at radius 3 is 2.40 bits per heavy atom. The molecule has 4 heteroatoms. The lowest BCUT2D eigenvalue weighted by Crippen LogP contribution is -2.45. The first-order chi connectivity index (χ1) is 9.40. The van der Waals surface area contributed by atoms with Crippen molar-refractivity contribution >= 4 is 21.8 Å². The van der Waals surface area contributed by atoms with E-state index in [2.05, 4.69) is 35.1 Å². The maximum absolute atomic E-state index is 12.3. The zero-order valence-corrected chi connectivity index (χ0v) is 14.3. The van der Waals surface area contributed by atoms with Crippen LogP contribution >= 0.6 is 15.9 Å². The van der Waals surface area contributed by atoms with Crippen LogP contribution in [0.2, 0.25) is 0 Å². The Hall–Kier alpha value is -1.03. The summed E-state index contributed by atoms with van der Waals surface area (Å²) in [5, 5.41) is 3.98. The van der Waals surface area contributed by atoms with Gasteiger partial charge in [0.25, 0.3) is 5.91 Å². The highest BCUT2D eigenvalue weighted by molar-refractivity contribution is 9.09. The van der Waals surface area contributed by atoms with Gasteiger partial charge in [-0.2, -0.15) is 0 Å². The number of amides is 1. The summed E-state index contributed by atoms with van der Waals surface area (Å²) in [6.45, 7) is 8.12. The van der Waals surface area contributed by atoms with Gasteiger partial charge in [-0.15, -0.1) is 0 Å². The smallest absolute Gasteiger partial charge is 0.251 e. The van der Waals surface area contributed by atoms with E-state index in [1.807, 2.05) is 26.0 Å². The molecule has 0 fully saturated rings. The van der Waals surface area contributed by atoms with Crippen molar-refractivity contribution in [2.45, 2.75) is 52.2 Å². The van der Waals surface area contributed by atoms with Crippen LogP contribution in [0.15, 0.2) is 24.3 Å². The average molecular weight is 342 g/mol. The van der Waals surface area contributed by atoms with E-state index in [0.29, 0.717) is 5.56 Å². The van der Waals surface area contributed by atoms with Crippen molar-refractivity contribution in [2.75, 3.05) is 5.33 Å². The number of hydrogen-bond acceptors (Lipinski definition) is 2. The molecule has 0 saturated carbocycles. The molecule has 0 aromatic heterocycles. The SMILES string of the molecule is CCC(C)(CCBr)NC(=O)c1ccc(OC(C)C)cc1. The fourth-order valence-corrected chi connectivity index (χ4v) is 2.71. The zero-order valence-electron chi connectivity index (χ0n) is 12.7. The quantitative estimate of drug-likeness (QED) is 0.756. The van der Waals surface area contributed by atoms with E-state index in [1.165, 1.54) is 0 Å². The van der Waals surface area contributed by atoms with Gasteiger partial charge in [0.2, 0.25) is 0 Å². The van der Waals surface area contributed by atoms with E-state index in [-0.39, 0.29) is 17.6 Å². The fraction of sp³-hybridized carbons (Fsp3) is 0.562. The molecule has 1 aromatic rings. The number of benzene rings is 1. The van der Waals surface area contributed by atoms with Crippen LogP contribution in [0, 0.1) is 0 Å². The molecule has 0 spiro atoms. The third-order valence-corrected chi connectivity index (χ3v) is 3.73. The highest BCUT2D eigenvalue weighted by Crippen LogP contribution is 2.18. The van der Waals surface area contributed by atoms with Gasteiger partial charge in [-0.1, -0.05) is 22.9 Å². The first kappa shape index (κ1) is 17.0. The Morgan fingerprint density at radius 2 is 1.95 bits per heavy atom. The summed E-state index contributed by atoms with van der Waals surface area (Å²) in [7, 11) is 0. The standard InChI is InChI=1S/C16H24BrNO2/c1-5-16(4,10-11-17)18-15(19)13-6-8-14(9-7-13)20-12(2)3/h6-9,12H,5,10-11H2,1-4H3,(H,18,19). The summed E-state index contributed by atoms with van der Waals surface area (Å²) in [6, 6.07) is 7.28. The summed E-state index contributed by atoms with van der Waals surface area (Å²) in [6.07, 6.45) is 1.94. The number of ether oxygens (including phenoxy) is 1. The molecule has 0 aliphatic heterocycles. The second kappa shape index (κ2) is 7.67. The molecular weight excluding hydrogens is 318 g/mol. The highest BCUT2D eigenvalue weighted by Gasteiger charge is 2.23. The predicted molar refractivity (Wildman–Crippen MR) is 86.8 cm³/mol. The maximum Gasteiger partial charge on any atom is 0.251 e. The van der Waals surface area contributed by atoms with Gasteiger partial charge in [0.05, 0.1) is 6.10 Å². The predicted octanol–water partition coefficient (Wildman–Crippen LogP) is 4.16. The molecule has 20 heavy (non-hydrogen) atoms. The molecule has 0 radical (unpaired) electrons. The van der Waals surface area contributed by atoms with Crippen LogP contribution in [0.4, 0.5) is 0 Å². The first-order valence-corrected chi connectivity index (χ1v) is 8.17. The van der Waals surface area contributed by atoms with Crippen molar-refractivity contribution in [2.24, 2.45) is 0 Å². The van der Waals surface area contributed by atoms with Crippen molar-refractivity contribution in [3.8, 4) is 5.75 Å². The number of halogens is 1. The topological polar surface area (TPSA) is 38.3 Å². The average Bonchev–Trinajstić information content (AvgIpc) is 2.39. The minimum Gasteiger partial charge on any atom is -0.491 e. The summed E-state index contributed by atoms with van der Waals surface area (Å²) in [4.78, 5) is 12.3. The van der Waals surface area contributed by atoms with Crippen molar-refractivity contribution < 1.29 is 9.53 Å². The van der Waals surface area contributed by atoms with Crippen molar-refractivity contribution in [3.05, 3.63) is 29.8 Å². The second-order valence-corrected chi connectivity index (χ2v) is 6.29. The normalized spacial score (nSPS) is 13.9. The molecule has 1 unspecified atom stereocenters. The minimum atomic E-state index is -0.173. The number of rotatable bonds is 7. The third kappa shape index (κ3) is 5.16. The van der Waals surface area contributed by atoms with E-state index >= 15 is 0 Å². The molecule has 1 rings (SSSR count). The molecule has 1 atom stereocenters. The molecule has 0 bridgehead atoms. The van der Waals surface area contributed by atoms with E-state index in [0.717, 1.165) is 23.9 Å². The lowest BCUT2D eigenvalue weighted by atomic mass is 9.95. The number of hydrogen-bond donors (Lipinski definition) is 1. The Labute approximate surface area is 130 Å². The van der Waals surface area contributed by atoms with Crippen LogP contribution in [0.1, 0.15) is 50.9 Å². The van der Waals surface area contributed by atoms with Crippen LogP contribution in [-0.4, -0.2) is 22.9 Å². The summed E-state index contributed by atoms with van der Waals surface area (Å²) >= 11 is 3.44. The number of nitrogens with one attached hydrogen (secondary N) is 1. The Kier molecular flexibility index (Phi) is 6.53. The van der Waals surface area contributed by atoms with Gasteiger partial charge >= 0.3 is 0 Å². The lowest BCUT2D eigenvalue weighted by molar-refractivity contribution is 0.0902. The molecule has 0 aliphatic carbocycles. The molecule has 1 N–H and O–H groups in total. The van der Waals surface area contributed by atoms with Gasteiger partial charge < -0.3 is 10.1 Å². The van der Waals surface area contributed by atoms with Crippen LogP contribution in [-0.2, 0) is 0 Å². The molecule has 1 amide bonds. The molecule has 0 heterocycles. The molecular formula is C16H24BrNO2. The fourth-order valence-electron chi connectivity index (χ4n) is 1.84. The summed E-state index contributed by atoms with van der Waals surface area (Å²) in [5.74, 6) is 0.752. The monoisotopic (exact) mass is 341 g/mol. The van der Waals surface area contributed by atoms with E-state index in [4.69, 9.17) is 4.74 Å². The second-order valence-electron chi connectivity index (χ2n) is 5.50. The minimum absolute atomic E-state index is 0.0357. The van der Waals surface area contributed by atoms with Gasteiger partial charge in [0.15, 0.2) is 0 Å². The molecule has 0 saturated heterocycles. The van der Waals surface area contributed by atoms with Crippen LogP contribution in [0.3, 0.4) is 0 Å².